The van der Waals surface area contributed by atoms with Crippen molar-refractivity contribution in [3.63, 3.8) is 0 Å². The molecule has 0 aliphatic heterocycles. The van der Waals surface area contributed by atoms with Crippen LogP contribution < -0.4 is 0 Å². The molecule has 2 fully saturated rings. The van der Waals surface area contributed by atoms with Crippen LogP contribution in [0.4, 0.5) is 0 Å². The molecule has 4 rings (SSSR count). The lowest BCUT2D eigenvalue weighted by molar-refractivity contribution is -0.174. The lowest BCUT2D eigenvalue weighted by Gasteiger charge is -2.34. The number of esters is 2. The third-order valence-electron chi connectivity index (χ3n) is 14.8. The molecule has 2 aromatic carbocycles. The van der Waals surface area contributed by atoms with Gasteiger partial charge in [0.25, 0.3) is 0 Å². The average Bonchev–Trinajstić information content (AvgIpc) is 3.22. The van der Waals surface area contributed by atoms with Gasteiger partial charge in [-0.1, -0.05) is 107 Å². The van der Waals surface area contributed by atoms with E-state index < -0.39 is 47.5 Å². The fraction of sp³-hybridized carbons (Fsp3) is 0.680. The standard InChI is InChI=1S/C50H74O9S2/c1-13-47(5,6)37-21-29(22-38(41(37)51)48(7,8)14-2)27-60-31-17-19-33(35(25-31)43(53)54)45(57)59-46(58)34-20-18-32(26-36(34)44(55)56)61-28-30-23-39(49(9,10)15-3)42(52)40(24-30)50(11,12)16-4/h21-24,31-36,51-52H,13-20,25-28H2,1-12H3,(H,53,54)(H,55,56). The van der Waals surface area contributed by atoms with E-state index in [1.165, 1.54) is 0 Å². The highest BCUT2D eigenvalue weighted by Crippen LogP contribution is 2.47. The zero-order valence-electron chi connectivity index (χ0n) is 38.9. The van der Waals surface area contributed by atoms with Crippen molar-refractivity contribution in [2.75, 3.05) is 0 Å². The largest absolute Gasteiger partial charge is 0.507 e. The highest BCUT2D eigenvalue weighted by atomic mass is 32.2. The van der Waals surface area contributed by atoms with Gasteiger partial charge in [-0.05, 0) is 97.0 Å². The molecular formula is C50H74O9S2. The Bertz CT molecular complexity index is 1700. The van der Waals surface area contributed by atoms with Gasteiger partial charge in [0.15, 0.2) is 0 Å². The van der Waals surface area contributed by atoms with E-state index in [4.69, 9.17) is 4.74 Å². The maximum atomic E-state index is 13.6. The molecule has 0 radical (unpaired) electrons. The molecule has 2 aliphatic carbocycles. The summed E-state index contributed by atoms with van der Waals surface area (Å²) < 4.78 is 5.40. The van der Waals surface area contributed by atoms with Crippen LogP contribution in [-0.4, -0.2) is 54.8 Å². The Morgan fingerprint density at radius 2 is 0.803 bits per heavy atom. The number of rotatable bonds is 18. The molecule has 6 atom stereocenters. The van der Waals surface area contributed by atoms with Crippen molar-refractivity contribution in [3.05, 3.63) is 57.6 Å². The van der Waals surface area contributed by atoms with Gasteiger partial charge in [-0.2, -0.15) is 23.5 Å². The van der Waals surface area contributed by atoms with Gasteiger partial charge in [0.2, 0.25) is 0 Å². The number of phenolic OH excluding ortho intramolecular Hbond substituents is 2. The van der Waals surface area contributed by atoms with Gasteiger partial charge in [-0.15, -0.1) is 0 Å². The Balaban J connectivity index is 1.41. The van der Waals surface area contributed by atoms with Gasteiger partial charge in [-0.3, -0.25) is 19.2 Å². The van der Waals surface area contributed by atoms with Crippen LogP contribution in [0.2, 0.25) is 0 Å². The van der Waals surface area contributed by atoms with Gasteiger partial charge in [0.05, 0.1) is 23.7 Å². The van der Waals surface area contributed by atoms with E-state index in [0.29, 0.717) is 35.8 Å². The Morgan fingerprint density at radius 1 is 0.525 bits per heavy atom. The monoisotopic (exact) mass is 882 g/mol. The van der Waals surface area contributed by atoms with Crippen molar-refractivity contribution in [3.8, 4) is 11.5 Å². The molecule has 0 spiro atoms. The summed E-state index contributed by atoms with van der Waals surface area (Å²) in [5.41, 5.74) is 4.80. The number of aliphatic carboxylic acids is 2. The first-order valence-electron chi connectivity index (χ1n) is 22.5. The number of carboxylic acid groups (broad SMARTS) is 2. The summed E-state index contributed by atoms with van der Waals surface area (Å²) in [6, 6.07) is 8.29. The SMILES string of the molecule is CCC(C)(C)c1cc(CSC2CCC(C(=O)OC(=O)C3CCC(SCc4cc(C(C)(C)CC)c(O)c(C(C)(C)CC)c4)CC3C(=O)O)C(C(=O)O)C2)cc(C(C)(C)CC)c1O. The second kappa shape index (κ2) is 20.1. The van der Waals surface area contributed by atoms with Crippen LogP contribution in [0.15, 0.2) is 24.3 Å². The van der Waals surface area contributed by atoms with Crippen molar-refractivity contribution in [2.45, 2.75) is 191 Å². The van der Waals surface area contributed by atoms with Crippen LogP contribution in [0.3, 0.4) is 0 Å². The number of carbonyl (C=O) groups is 4. The van der Waals surface area contributed by atoms with E-state index in [1.54, 1.807) is 23.5 Å². The molecule has 0 saturated heterocycles. The number of phenols is 2. The fourth-order valence-corrected chi connectivity index (χ4v) is 11.2. The predicted molar refractivity (Wildman–Crippen MR) is 248 cm³/mol. The average molecular weight is 883 g/mol. The second-order valence-corrected chi connectivity index (χ2v) is 22.9. The number of aromatic hydroxyl groups is 2. The third-order valence-corrected chi connectivity index (χ3v) is 17.6. The number of ether oxygens (including phenoxy) is 1. The molecule has 6 unspecified atom stereocenters. The Morgan fingerprint density at radius 3 is 1.05 bits per heavy atom. The van der Waals surface area contributed by atoms with Crippen LogP contribution in [-0.2, 0) is 57.1 Å². The molecule has 0 heterocycles. The topological polar surface area (TPSA) is 158 Å². The van der Waals surface area contributed by atoms with Gasteiger partial charge in [0, 0.05) is 44.3 Å². The quantitative estimate of drug-likeness (QED) is 0.0834. The number of hydrogen-bond donors (Lipinski definition) is 4. The Hall–Kier alpha value is -3.18. The molecule has 9 nitrogen and oxygen atoms in total. The molecule has 4 N–H and O–H groups in total. The second-order valence-electron chi connectivity index (χ2n) is 20.4. The molecule has 340 valence electrons. The summed E-state index contributed by atoms with van der Waals surface area (Å²) in [6.07, 6.45) is 5.50. The summed E-state index contributed by atoms with van der Waals surface area (Å²) in [6.45, 7) is 25.5. The maximum Gasteiger partial charge on any atom is 0.317 e. The summed E-state index contributed by atoms with van der Waals surface area (Å²) in [5, 5.41) is 43.3. The Labute approximate surface area is 374 Å². The molecule has 2 saturated carbocycles. The molecule has 0 bridgehead atoms. The minimum Gasteiger partial charge on any atom is -0.507 e. The molecule has 0 aromatic heterocycles. The lowest BCUT2D eigenvalue weighted by atomic mass is 9.75. The number of thioether (sulfide) groups is 2. The number of benzene rings is 2. The lowest BCUT2D eigenvalue weighted by Crippen LogP contribution is -2.41. The number of hydrogen-bond acceptors (Lipinski definition) is 9. The molecule has 0 amide bonds. The van der Waals surface area contributed by atoms with E-state index in [9.17, 15) is 39.6 Å². The molecule has 2 aromatic rings. The Kier molecular flexibility index (Phi) is 16.6. The van der Waals surface area contributed by atoms with Gasteiger partial charge in [-0.25, -0.2) is 0 Å². The van der Waals surface area contributed by atoms with Crippen LogP contribution >= 0.6 is 23.5 Å². The summed E-state index contributed by atoms with van der Waals surface area (Å²) in [4.78, 5) is 52.3. The van der Waals surface area contributed by atoms with Crippen molar-refractivity contribution < 1.29 is 44.3 Å². The summed E-state index contributed by atoms with van der Waals surface area (Å²) in [7, 11) is 0. The van der Waals surface area contributed by atoms with Crippen molar-refractivity contribution in [1.82, 2.24) is 0 Å². The van der Waals surface area contributed by atoms with Crippen LogP contribution in [0.1, 0.15) is 181 Å². The third kappa shape index (κ3) is 11.7. The van der Waals surface area contributed by atoms with Crippen LogP contribution in [0.25, 0.3) is 0 Å². The van der Waals surface area contributed by atoms with Gasteiger partial charge in [0.1, 0.15) is 11.5 Å². The number of carbonyl (C=O) groups excluding carboxylic acids is 2. The predicted octanol–water partition coefficient (Wildman–Crippen LogP) is 11.8. The van der Waals surface area contributed by atoms with Crippen LogP contribution in [0.5, 0.6) is 11.5 Å². The molecule has 11 heteroatoms. The molecular weight excluding hydrogens is 809 g/mol. The zero-order chi connectivity index (χ0) is 45.8. The van der Waals surface area contributed by atoms with Crippen molar-refractivity contribution in [1.29, 1.82) is 0 Å². The van der Waals surface area contributed by atoms with E-state index in [0.717, 1.165) is 59.1 Å². The first-order valence-corrected chi connectivity index (χ1v) is 24.6. The van der Waals surface area contributed by atoms with Gasteiger partial charge >= 0.3 is 23.9 Å². The van der Waals surface area contributed by atoms with Gasteiger partial charge < -0.3 is 25.2 Å². The highest BCUT2D eigenvalue weighted by Gasteiger charge is 2.45. The highest BCUT2D eigenvalue weighted by molar-refractivity contribution is 7.99. The minimum absolute atomic E-state index is 0.0416. The molecule has 2 aliphatic rings. The normalized spacial score (nSPS) is 22.8. The van der Waals surface area contributed by atoms with Crippen molar-refractivity contribution in [2.24, 2.45) is 23.7 Å². The number of carboxylic acids is 2. The van der Waals surface area contributed by atoms with E-state index in [1.807, 2.05) is 0 Å². The minimum atomic E-state index is -1.12. The zero-order valence-corrected chi connectivity index (χ0v) is 40.5. The van der Waals surface area contributed by atoms with E-state index in [-0.39, 0.29) is 57.8 Å². The van der Waals surface area contributed by atoms with Crippen molar-refractivity contribution >= 4 is 47.4 Å². The van der Waals surface area contributed by atoms with E-state index in [2.05, 4.69) is 107 Å². The fourth-order valence-electron chi connectivity index (χ4n) is 8.74. The molecule has 61 heavy (non-hydrogen) atoms. The summed E-state index contributed by atoms with van der Waals surface area (Å²) in [5.74, 6) is -6.18. The van der Waals surface area contributed by atoms with E-state index >= 15 is 0 Å². The first kappa shape index (κ1) is 50.5. The maximum absolute atomic E-state index is 13.6. The smallest absolute Gasteiger partial charge is 0.317 e. The summed E-state index contributed by atoms with van der Waals surface area (Å²) >= 11 is 3.30. The van der Waals surface area contributed by atoms with Crippen LogP contribution in [0, 0.1) is 23.7 Å². The first-order chi connectivity index (χ1) is 28.3.